The average molecular weight is 487 g/mol. The Morgan fingerprint density at radius 3 is 2.47 bits per heavy atom. The monoisotopic (exact) mass is 486 g/mol. The van der Waals surface area contributed by atoms with Crippen molar-refractivity contribution in [3.63, 3.8) is 0 Å². The maximum atomic E-state index is 13.7. The third-order valence-corrected chi connectivity index (χ3v) is 6.46. The number of carbonyl (C=O) groups is 2. The van der Waals surface area contributed by atoms with Crippen molar-refractivity contribution in [2.24, 2.45) is 0 Å². The Balaban J connectivity index is 1.94. The van der Waals surface area contributed by atoms with Gasteiger partial charge in [-0.2, -0.15) is 0 Å². The van der Waals surface area contributed by atoms with Crippen LogP contribution >= 0.6 is 11.6 Å². The number of amides is 2. The van der Waals surface area contributed by atoms with Crippen LogP contribution in [0.5, 0.6) is 11.5 Å². The van der Waals surface area contributed by atoms with Crippen LogP contribution in [0, 0.1) is 0 Å². The molecule has 1 unspecified atom stereocenters. The Hall–Kier alpha value is -2.73. The molecule has 6 nitrogen and oxygen atoms in total. The van der Waals surface area contributed by atoms with Gasteiger partial charge in [0.15, 0.2) is 11.5 Å². The van der Waals surface area contributed by atoms with Gasteiger partial charge in [0.05, 0.1) is 13.7 Å². The molecule has 1 atom stereocenters. The maximum absolute atomic E-state index is 13.7. The van der Waals surface area contributed by atoms with Crippen molar-refractivity contribution in [1.29, 1.82) is 0 Å². The molecule has 2 aromatic carbocycles. The Morgan fingerprint density at radius 1 is 1.09 bits per heavy atom. The molecule has 0 spiro atoms. The molecule has 1 N–H and O–H groups in total. The van der Waals surface area contributed by atoms with Gasteiger partial charge < -0.3 is 19.7 Å². The summed E-state index contributed by atoms with van der Waals surface area (Å²) in [6.45, 7) is 2.77. The van der Waals surface area contributed by atoms with Crippen LogP contribution in [-0.4, -0.2) is 48.9 Å². The molecule has 0 aliphatic heterocycles. The highest BCUT2D eigenvalue weighted by Crippen LogP contribution is 2.33. The number of halogens is 1. The minimum Gasteiger partial charge on any atom is -0.493 e. The molecule has 1 saturated carbocycles. The quantitative estimate of drug-likeness (QED) is 0.459. The van der Waals surface area contributed by atoms with Crippen molar-refractivity contribution in [3.8, 4) is 11.5 Å². The van der Waals surface area contributed by atoms with E-state index in [1.807, 2.05) is 43.3 Å². The molecule has 1 fully saturated rings. The smallest absolute Gasteiger partial charge is 0.247 e. The van der Waals surface area contributed by atoms with Crippen molar-refractivity contribution in [2.75, 3.05) is 26.1 Å². The summed E-state index contributed by atoms with van der Waals surface area (Å²) in [5.41, 5.74) is 1.76. The van der Waals surface area contributed by atoms with Crippen molar-refractivity contribution in [1.82, 2.24) is 10.2 Å². The Kier molecular flexibility index (Phi) is 10.1. The first kappa shape index (κ1) is 25.9. The molecule has 0 saturated heterocycles. The Bertz CT molecular complexity index is 931. The third-order valence-electron chi connectivity index (χ3n) is 6.23. The molecule has 0 aromatic heterocycles. The van der Waals surface area contributed by atoms with E-state index in [9.17, 15) is 9.59 Å². The van der Waals surface area contributed by atoms with E-state index in [4.69, 9.17) is 21.1 Å². The van der Waals surface area contributed by atoms with Gasteiger partial charge in [0, 0.05) is 12.6 Å². The van der Waals surface area contributed by atoms with Gasteiger partial charge in [-0.3, -0.25) is 9.59 Å². The number of nitrogens with zero attached hydrogens (tertiary/aromatic N) is 1. The number of benzene rings is 2. The van der Waals surface area contributed by atoms with Crippen LogP contribution in [0.15, 0.2) is 48.5 Å². The van der Waals surface area contributed by atoms with E-state index in [0.29, 0.717) is 36.6 Å². The summed E-state index contributed by atoms with van der Waals surface area (Å²) in [4.78, 5) is 28.3. The van der Waals surface area contributed by atoms with Gasteiger partial charge in [-0.25, -0.2) is 0 Å². The number of hydrogen-bond donors (Lipinski definition) is 1. The number of rotatable bonds is 11. The van der Waals surface area contributed by atoms with Crippen LogP contribution in [0.1, 0.15) is 56.2 Å². The number of nitrogens with one attached hydrogen (secondary N) is 1. The number of carbonyl (C=O) groups excluding carboxylic acids is 2. The molecule has 2 aromatic rings. The highest BCUT2D eigenvalue weighted by Gasteiger charge is 2.33. The maximum Gasteiger partial charge on any atom is 0.247 e. The van der Waals surface area contributed by atoms with Crippen LogP contribution < -0.4 is 14.8 Å². The predicted molar refractivity (Wildman–Crippen MR) is 134 cm³/mol. The van der Waals surface area contributed by atoms with Gasteiger partial charge in [0.1, 0.15) is 11.9 Å². The standard InChI is InChI=1S/C27H35ClN2O4/c1-3-34-23-15-14-21(18-24(23)33-2)26(27(32)29-22-12-8-5-9-13-22)30(25(31)19-28)17-16-20-10-6-4-7-11-20/h4,6-7,10-11,14-15,18,22,26H,3,5,8-9,12-13,16-17,19H2,1-2H3,(H,29,32). The molecule has 184 valence electrons. The fraction of sp³-hybridized carbons (Fsp3) is 0.481. The second-order valence-electron chi connectivity index (χ2n) is 8.55. The van der Waals surface area contributed by atoms with E-state index >= 15 is 0 Å². The Labute approximate surface area is 207 Å². The third kappa shape index (κ3) is 6.89. The van der Waals surface area contributed by atoms with Gasteiger partial charge in [0.2, 0.25) is 11.8 Å². The fourth-order valence-electron chi connectivity index (χ4n) is 4.50. The lowest BCUT2D eigenvalue weighted by Gasteiger charge is -2.33. The summed E-state index contributed by atoms with van der Waals surface area (Å²) >= 11 is 6.01. The van der Waals surface area contributed by atoms with Gasteiger partial charge in [-0.1, -0.05) is 55.7 Å². The zero-order valence-corrected chi connectivity index (χ0v) is 20.9. The molecule has 7 heteroatoms. The van der Waals surface area contributed by atoms with Gasteiger partial charge in [-0.05, 0) is 49.4 Å². The van der Waals surface area contributed by atoms with E-state index in [1.54, 1.807) is 24.1 Å². The van der Waals surface area contributed by atoms with Crippen molar-refractivity contribution >= 4 is 23.4 Å². The van der Waals surface area contributed by atoms with Crippen LogP contribution in [0.4, 0.5) is 0 Å². The number of methoxy groups -OCH3 is 1. The Morgan fingerprint density at radius 2 is 1.82 bits per heavy atom. The van der Waals surface area contributed by atoms with Gasteiger partial charge >= 0.3 is 0 Å². The summed E-state index contributed by atoms with van der Waals surface area (Å²) in [5.74, 6) is 0.450. The zero-order chi connectivity index (χ0) is 24.3. The zero-order valence-electron chi connectivity index (χ0n) is 20.1. The first-order chi connectivity index (χ1) is 16.6. The summed E-state index contributed by atoms with van der Waals surface area (Å²) in [5, 5.41) is 3.20. The summed E-state index contributed by atoms with van der Waals surface area (Å²) in [6, 6.07) is 14.6. The molecule has 1 aliphatic carbocycles. The predicted octanol–water partition coefficient (Wildman–Crippen LogP) is 4.89. The topological polar surface area (TPSA) is 67.9 Å². The van der Waals surface area contributed by atoms with Crippen LogP contribution in [0.25, 0.3) is 0 Å². The van der Waals surface area contributed by atoms with E-state index in [0.717, 1.165) is 31.2 Å². The van der Waals surface area contributed by atoms with Crippen LogP contribution in [0.3, 0.4) is 0 Å². The number of ether oxygens (including phenoxy) is 2. The molecule has 0 heterocycles. The highest BCUT2D eigenvalue weighted by atomic mass is 35.5. The fourth-order valence-corrected chi connectivity index (χ4v) is 4.65. The minimum absolute atomic E-state index is 0.121. The molecular formula is C27H35ClN2O4. The largest absolute Gasteiger partial charge is 0.493 e. The van der Waals surface area contributed by atoms with Crippen LogP contribution in [-0.2, 0) is 16.0 Å². The van der Waals surface area contributed by atoms with E-state index < -0.39 is 6.04 Å². The lowest BCUT2D eigenvalue weighted by atomic mass is 9.94. The van der Waals surface area contributed by atoms with Crippen molar-refractivity contribution in [2.45, 2.75) is 57.5 Å². The van der Waals surface area contributed by atoms with E-state index in [-0.39, 0.29) is 23.7 Å². The first-order valence-electron chi connectivity index (χ1n) is 12.1. The van der Waals surface area contributed by atoms with Crippen LogP contribution in [0.2, 0.25) is 0 Å². The molecule has 0 radical (unpaired) electrons. The first-order valence-corrected chi connectivity index (χ1v) is 12.6. The lowest BCUT2D eigenvalue weighted by molar-refractivity contribution is -0.139. The van der Waals surface area contributed by atoms with Gasteiger partial charge in [-0.15, -0.1) is 11.6 Å². The summed E-state index contributed by atoms with van der Waals surface area (Å²) in [6.07, 6.45) is 5.93. The molecule has 34 heavy (non-hydrogen) atoms. The summed E-state index contributed by atoms with van der Waals surface area (Å²) < 4.78 is 11.2. The van der Waals surface area contributed by atoms with Crippen molar-refractivity contribution in [3.05, 3.63) is 59.7 Å². The second-order valence-corrected chi connectivity index (χ2v) is 8.81. The molecule has 3 rings (SSSR count). The lowest BCUT2D eigenvalue weighted by Crippen LogP contribution is -2.48. The minimum atomic E-state index is -0.818. The normalized spacial score (nSPS) is 14.8. The molecule has 1 aliphatic rings. The van der Waals surface area contributed by atoms with E-state index in [2.05, 4.69) is 5.32 Å². The average Bonchev–Trinajstić information content (AvgIpc) is 2.87. The molecular weight excluding hydrogens is 452 g/mol. The molecule has 0 bridgehead atoms. The van der Waals surface area contributed by atoms with Crippen molar-refractivity contribution < 1.29 is 19.1 Å². The second kappa shape index (κ2) is 13.2. The van der Waals surface area contributed by atoms with E-state index in [1.165, 1.54) is 6.42 Å². The number of hydrogen-bond acceptors (Lipinski definition) is 4. The summed E-state index contributed by atoms with van der Waals surface area (Å²) in [7, 11) is 1.57. The SMILES string of the molecule is CCOc1ccc(C(C(=O)NC2CCCCC2)N(CCc2ccccc2)C(=O)CCl)cc1OC. The molecule has 2 amide bonds. The van der Waals surface area contributed by atoms with Gasteiger partial charge in [0.25, 0.3) is 0 Å². The highest BCUT2D eigenvalue weighted by molar-refractivity contribution is 6.27. The number of alkyl halides is 1.